The summed E-state index contributed by atoms with van der Waals surface area (Å²) < 4.78 is 30.5. The van der Waals surface area contributed by atoms with Crippen LogP contribution >= 0.6 is 11.6 Å². The van der Waals surface area contributed by atoms with Gasteiger partial charge in [-0.1, -0.05) is 41.9 Å². The van der Waals surface area contributed by atoms with Crippen LogP contribution in [0.15, 0.2) is 59.5 Å². The van der Waals surface area contributed by atoms with E-state index in [9.17, 15) is 18.0 Å². The molecule has 1 fully saturated rings. The van der Waals surface area contributed by atoms with Crippen LogP contribution in [-0.2, 0) is 26.0 Å². The van der Waals surface area contributed by atoms with Crippen LogP contribution in [0.3, 0.4) is 0 Å². The number of likely N-dealkylation sites (tertiary alicyclic amines) is 1. The summed E-state index contributed by atoms with van der Waals surface area (Å²) in [5.74, 6) is -0.351. The predicted octanol–water partition coefficient (Wildman–Crippen LogP) is 2.64. The van der Waals surface area contributed by atoms with Crippen LogP contribution in [0.4, 0.5) is 4.79 Å². The number of hydrogen-bond acceptors (Lipinski definition) is 5. The number of nitrogens with one attached hydrogen (secondary N) is 1. The molecule has 154 valence electrons. The van der Waals surface area contributed by atoms with Gasteiger partial charge in [0.05, 0.1) is 10.1 Å². The maximum absolute atomic E-state index is 12.7. The SMILES string of the molecule is O=C(NCC(=O)N1CC[C@@H](S(=O)(=O)c2ccc(Cl)cc2)C1)OCc1ccccc1. The molecule has 1 N–H and O–H groups in total. The third-order valence-electron chi connectivity index (χ3n) is 4.68. The number of rotatable bonds is 6. The van der Waals surface area contributed by atoms with Gasteiger partial charge in [-0.25, -0.2) is 13.2 Å². The van der Waals surface area contributed by atoms with Gasteiger partial charge >= 0.3 is 6.09 Å². The molecule has 7 nitrogen and oxygen atoms in total. The van der Waals surface area contributed by atoms with Gasteiger partial charge < -0.3 is 15.0 Å². The highest BCUT2D eigenvalue weighted by atomic mass is 35.5. The van der Waals surface area contributed by atoms with E-state index in [4.69, 9.17) is 16.3 Å². The van der Waals surface area contributed by atoms with Crippen LogP contribution in [0.25, 0.3) is 0 Å². The molecule has 1 atom stereocenters. The van der Waals surface area contributed by atoms with E-state index in [0.717, 1.165) is 5.56 Å². The first-order valence-electron chi connectivity index (χ1n) is 9.08. The highest BCUT2D eigenvalue weighted by molar-refractivity contribution is 7.92. The first-order valence-corrected chi connectivity index (χ1v) is 11.0. The number of nitrogens with zero attached hydrogens (tertiary/aromatic N) is 1. The fraction of sp³-hybridized carbons (Fsp3) is 0.300. The quantitative estimate of drug-likeness (QED) is 0.751. The number of carbonyl (C=O) groups is 2. The minimum atomic E-state index is -3.56. The van der Waals surface area contributed by atoms with Crippen molar-refractivity contribution >= 4 is 33.4 Å². The van der Waals surface area contributed by atoms with Crippen molar-refractivity contribution < 1.29 is 22.7 Å². The van der Waals surface area contributed by atoms with Crippen molar-refractivity contribution in [2.75, 3.05) is 19.6 Å². The average Bonchev–Trinajstić information content (AvgIpc) is 3.23. The van der Waals surface area contributed by atoms with E-state index in [1.54, 1.807) is 0 Å². The van der Waals surface area contributed by atoms with E-state index in [0.29, 0.717) is 18.0 Å². The number of carbonyl (C=O) groups excluding carboxylic acids is 2. The second-order valence-electron chi connectivity index (χ2n) is 6.66. The molecule has 2 aromatic carbocycles. The number of ether oxygens (including phenoxy) is 1. The molecule has 9 heteroatoms. The summed E-state index contributed by atoms with van der Waals surface area (Å²) in [6.45, 7) is 0.259. The molecule has 2 amide bonds. The van der Waals surface area contributed by atoms with Gasteiger partial charge in [-0.15, -0.1) is 0 Å². The van der Waals surface area contributed by atoms with Crippen molar-refractivity contribution in [3.8, 4) is 0 Å². The third-order valence-corrected chi connectivity index (χ3v) is 7.12. The molecule has 1 saturated heterocycles. The van der Waals surface area contributed by atoms with Crippen LogP contribution in [0, 0.1) is 0 Å². The van der Waals surface area contributed by atoms with Crippen molar-refractivity contribution in [2.24, 2.45) is 0 Å². The molecular formula is C20H21ClN2O5S. The van der Waals surface area contributed by atoms with E-state index < -0.39 is 21.2 Å². The average molecular weight is 437 g/mol. The Morgan fingerprint density at radius 3 is 2.48 bits per heavy atom. The summed E-state index contributed by atoms with van der Waals surface area (Å²) in [6.07, 6.45) is -0.360. The van der Waals surface area contributed by atoms with Crippen LogP contribution in [-0.4, -0.2) is 50.2 Å². The van der Waals surface area contributed by atoms with Gasteiger partial charge in [-0.3, -0.25) is 4.79 Å². The topological polar surface area (TPSA) is 92.8 Å². The van der Waals surface area contributed by atoms with E-state index in [1.165, 1.54) is 29.2 Å². The molecule has 0 aromatic heterocycles. The Hall–Kier alpha value is -2.58. The van der Waals surface area contributed by atoms with Gasteiger partial charge in [0.2, 0.25) is 5.91 Å². The lowest BCUT2D eigenvalue weighted by Gasteiger charge is -2.17. The molecule has 0 radical (unpaired) electrons. The molecule has 0 spiro atoms. The Kier molecular flexibility index (Phi) is 6.76. The molecule has 1 heterocycles. The Balaban J connectivity index is 1.47. The maximum atomic E-state index is 12.7. The second kappa shape index (κ2) is 9.28. The van der Waals surface area contributed by atoms with Gasteiger partial charge in [-0.05, 0) is 36.2 Å². The molecule has 2 aromatic rings. The minimum absolute atomic E-state index is 0.0878. The third kappa shape index (κ3) is 5.48. The Morgan fingerprint density at radius 2 is 1.79 bits per heavy atom. The van der Waals surface area contributed by atoms with Gasteiger partial charge in [0.1, 0.15) is 13.2 Å². The van der Waals surface area contributed by atoms with Crippen molar-refractivity contribution in [1.29, 1.82) is 0 Å². The maximum Gasteiger partial charge on any atom is 0.407 e. The van der Waals surface area contributed by atoms with Gasteiger partial charge in [0.15, 0.2) is 9.84 Å². The summed E-state index contributed by atoms with van der Waals surface area (Å²) >= 11 is 5.81. The van der Waals surface area contributed by atoms with E-state index in [1.807, 2.05) is 30.3 Å². The lowest BCUT2D eigenvalue weighted by Crippen LogP contribution is -2.40. The van der Waals surface area contributed by atoms with Crippen molar-refractivity contribution in [3.05, 3.63) is 65.2 Å². The summed E-state index contributed by atoms with van der Waals surface area (Å²) in [5.41, 5.74) is 0.837. The number of hydrogen-bond donors (Lipinski definition) is 1. The molecule has 0 aliphatic carbocycles. The van der Waals surface area contributed by atoms with E-state index in [2.05, 4.69) is 5.32 Å². The molecule has 3 rings (SSSR count). The van der Waals surface area contributed by atoms with Gasteiger partial charge in [-0.2, -0.15) is 0 Å². The Labute approximate surface area is 174 Å². The first-order chi connectivity index (χ1) is 13.9. The molecule has 29 heavy (non-hydrogen) atoms. The smallest absolute Gasteiger partial charge is 0.407 e. The van der Waals surface area contributed by atoms with Crippen LogP contribution in [0.5, 0.6) is 0 Å². The summed E-state index contributed by atoms with van der Waals surface area (Å²) in [4.78, 5) is 25.7. The number of benzene rings is 2. The number of amides is 2. The summed E-state index contributed by atoms with van der Waals surface area (Å²) in [6, 6.07) is 15.2. The lowest BCUT2D eigenvalue weighted by molar-refractivity contribution is -0.129. The molecule has 0 unspecified atom stereocenters. The molecule has 1 aliphatic heterocycles. The van der Waals surface area contributed by atoms with Gasteiger partial charge in [0.25, 0.3) is 0 Å². The van der Waals surface area contributed by atoms with Crippen LogP contribution < -0.4 is 5.32 Å². The normalized spacial score (nSPS) is 16.4. The number of halogens is 1. The molecule has 0 saturated carbocycles. The summed E-state index contributed by atoms with van der Waals surface area (Å²) in [5, 5.41) is 2.18. The van der Waals surface area contributed by atoms with Crippen molar-refractivity contribution in [3.63, 3.8) is 0 Å². The van der Waals surface area contributed by atoms with Crippen LogP contribution in [0.2, 0.25) is 5.02 Å². The highest BCUT2D eigenvalue weighted by Gasteiger charge is 2.36. The zero-order chi connectivity index (χ0) is 20.9. The predicted molar refractivity (Wildman–Crippen MR) is 108 cm³/mol. The fourth-order valence-electron chi connectivity index (χ4n) is 3.06. The summed E-state index contributed by atoms with van der Waals surface area (Å²) in [7, 11) is -3.56. The zero-order valence-electron chi connectivity index (χ0n) is 15.6. The van der Waals surface area contributed by atoms with E-state index in [-0.39, 0.29) is 30.5 Å². The highest BCUT2D eigenvalue weighted by Crippen LogP contribution is 2.25. The molecule has 0 bridgehead atoms. The minimum Gasteiger partial charge on any atom is -0.445 e. The Morgan fingerprint density at radius 1 is 1.10 bits per heavy atom. The Bertz CT molecular complexity index is 964. The lowest BCUT2D eigenvalue weighted by atomic mass is 10.2. The number of sulfone groups is 1. The second-order valence-corrected chi connectivity index (χ2v) is 9.33. The molecule has 1 aliphatic rings. The monoisotopic (exact) mass is 436 g/mol. The number of alkyl carbamates (subject to hydrolysis) is 1. The standard InChI is InChI=1S/C20H21ClN2O5S/c21-16-6-8-17(9-7-16)29(26,27)18-10-11-23(13-18)19(24)12-22-20(25)28-14-15-4-2-1-3-5-15/h1-9,18H,10-14H2,(H,22,25)/t18-/m1/s1. The zero-order valence-corrected chi connectivity index (χ0v) is 17.2. The van der Waals surface area contributed by atoms with Gasteiger partial charge in [0, 0.05) is 18.1 Å². The fourth-order valence-corrected chi connectivity index (χ4v) is 4.88. The largest absolute Gasteiger partial charge is 0.445 e. The molecular weight excluding hydrogens is 416 g/mol. The van der Waals surface area contributed by atoms with Crippen molar-refractivity contribution in [1.82, 2.24) is 10.2 Å². The van der Waals surface area contributed by atoms with Crippen molar-refractivity contribution in [2.45, 2.75) is 23.2 Å². The van der Waals surface area contributed by atoms with E-state index >= 15 is 0 Å². The first kappa shape index (κ1) is 21.1. The van der Waals surface area contributed by atoms with Crippen LogP contribution in [0.1, 0.15) is 12.0 Å².